The summed E-state index contributed by atoms with van der Waals surface area (Å²) in [6, 6.07) is 3.29. The minimum atomic E-state index is 0.532. The van der Waals surface area contributed by atoms with Crippen molar-refractivity contribution < 1.29 is 0 Å². The zero-order valence-corrected chi connectivity index (χ0v) is 11.0. The van der Waals surface area contributed by atoms with Crippen molar-refractivity contribution in [1.29, 1.82) is 0 Å². The van der Waals surface area contributed by atoms with Gasteiger partial charge in [0.15, 0.2) is 0 Å². The van der Waals surface area contributed by atoms with Crippen LogP contribution in [0.5, 0.6) is 0 Å². The minimum Gasteiger partial charge on any atom is -0.396 e. The van der Waals surface area contributed by atoms with Gasteiger partial charge in [-0.25, -0.2) is 0 Å². The first kappa shape index (κ1) is 11.8. The lowest BCUT2D eigenvalue weighted by molar-refractivity contribution is 0.115. The van der Waals surface area contributed by atoms with Crippen LogP contribution in [0.15, 0.2) is 18.5 Å². The summed E-state index contributed by atoms with van der Waals surface area (Å²) in [5.74, 6) is 0. The van der Waals surface area contributed by atoms with Crippen molar-refractivity contribution in [2.75, 3.05) is 30.3 Å². The van der Waals surface area contributed by atoms with Crippen molar-refractivity contribution in [3.63, 3.8) is 0 Å². The molecule has 2 unspecified atom stereocenters. The molecule has 2 atom stereocenters. The maximum absolute atomic E-state index is 6.06. The Bertz CT molecular complexity index is 420. The minimum absolute atomic E-state index is 0.532. The molecule has 2 fully saturated rings. The number of aromatic nitrogens is 1. The van der Waals surface area contributed by atoms with Crippen LogP contribution in [0.3, 0.4) is 0 Å². The molecule has 18 heavy (non-hydrogen) atoms. The standard InChI is InChI=1S/C14H22N4/c1-11-9-17-7-3-2-4-12(17)10-18(11)14-5-6-16-8-13(14)15/h5-6,8,11-12H,2-4,7,9-10,15H2,1H3. The van der Waals surface area contributed by atoms with Gasteiger partial charge in [0.25, 0.3) is 0 Å². The third kappa shape index (κ3) is 2.05. The van der Waals surface area contributed by atoms with Crippen molar-refractivity contribution in [3.05, 3.63) is 18.5 Å². The molecule has 0 aromatic carbocycles. The van der Waals surface area contributed by atoms with Crippen molar-refractivity contribution in [3.8, 4) is 0 Å². The second-order valence-electron chi connectivity index (χ2n) is 5.58. The summed E-state index contributed by atoms with van der Waals surface area (Å²) in [5, 5.41) is 0. The van der Waals surface area contributed by atoms with Gasteiger partial charge in [0.05, 0.1) is 17.6 Å². The molecule has 0 radical (unpaired) electrons. The number of rotatable bonds is 1. The number of fused-ring (bicyclic) bond motifs is 1. The Labute approximate surface area is 109 Å². The van der Waals surface area contributed by atoms with Crippen LogP contribution in [-0.4, -0.2) is 41.6 Å². The lowest BCUT2D eigenvalue weighted by Crippen LogP contribution is -2.59. The highest BCUT2D eigenvalue weighted by Crippen LogP contribution is 2.30. The van der Waals surface area contributed by atoms with Gasteiger partial charge in [-0.15, -0.1) is 0 Å². The summed E-state index contributed by atoms with van der Waals surface area (Å²) in [5.41, 5.74) is 8.02. The van der Waals surface area contributed by atoms with E-state index < -0.39 is 0 Å². The van der Waals surface area contributed by atoms with Gasteiger partial charge in [-0.2, -0.15) is 0 Å². The van der Waals surface area contributed by atoms with Gasteiger partial charge < -0.3 is 10.6 Å². The van der Waals surface area contributed by atoms with Gasteiger partial charge in [-0.1, -0.05) is 6.42 Å². The third-order valence-corrected chi connectivity index (χ3v) is 4.32. The second kappa shape index (κ2) is 4.76. The quantitative estimate of drug-likeness (QED) is 0.819. The fraction of sp³-hybridized carbons (Fsp3) is 0.643. The number of nitrogens with zero attached hydrogens (tertiary/aromatic N) is 3. The summed E-state index contributed by atoms with van der Waals surface area (Å²) in [7, 11) is 0. The molecule has 0 aliphatic carbocycles. The van der Waals surface area contributed by atoms with E-state index in [1.165, 1.54) is 25.8 Å². The first-order valence-corrected chi connectivity index (χ1v) is 6.96. The summed E-state index contributed by atoms with van der Waals surface area (Å²) >= 11 is 0. The van der Waals surface area contributed by atoms with Crippen LogP contribution in [0, 0.1) is 0 Å². The number of hydrogen-bond acceptors (Lipinski definition) is 4. The molecule has 0 saturated carbocycles. The highest BCUT2D eigenvalue weighted by atomic mass is 15.3. The zero-order valence-electron chi connectivity index (χ0n) is 11.0. The van der Waals surface area contributed by atoms with E-state index in [0.29, 0.717) is 12.1 Å². The Morgan fingerprint density at radius 1 is 1.33 bits per heavy atom. The van der Waals surface area contributed by atoms with E-state index in [0.717, 1.165) is 24.5 Å². The molecule has 3 heterocycles. The number of piperidine rings is 1. The fourth-order valence-electron chi connectivity index (χ4n) is 3.35. The molecule has 0 amide bonds. The summed E-state index contributed by atoms with van der Waals surface area (Å²) in [6.07, 6.45) is 7.66. The predicted octanol–water partition coefficient (Wildman–Crippen LogP) is 1.73. The first-order chi connectivity index (χ1) is 8.75. The van der Waals surface area contributed by atoms with Gasteiger partial charge in [-0.05, 0) is 32.4 Å². The Morgan fingerprint density at radius 2 is 2.22 bits per heavy atom. The number of nitrogens with two attached hydrogens (primary N) is 1. The van der Waals surface area contributed by atoms with Crippen molar-refractivity contribution >= 4 is 11.4 Å². The lowest BCUT2D eigenvalue weighted by Gasteiger charge is -2.48. The number of piperazine rings is 1. The Balaban J connectivity index is 1.82. The van der Waals surface area contributed by atoms with Crippen LogP contribution in [0.1, 0.15) is 26.2 Å². The molecule has 2 aliphatic heterocycles. The molecule has 0 bridgehead atoms. The topological polar surface area (TPSA) is 45.4 Å². The summed E-state index contributed by atoms with van der Waals surface area (Å²) in [4.78, 5) is 9.20. The van der Waals surface area contributed by atoms with Crippen LogP contribution in [0.4, 0.5) is 11.4 Å². The van der Waals surface area contributed by atoms with E-state index in [9.17, 15) is 0 Å². The molecular weight excluding hydrogens is 224 g/mol. The van der Waals surface area contributed by atoms with Crippen LogP contribution in [-0.2, 0) is 0 Å². The monoisotopic (exact) mass is 246 g/mol. The van der Waals surface area contributed by atoms with Crippen LogP contribution < -0.4 is 10.6 Å². The van der Waals surface area contributed by atoms with Gasteiger partial charge >= 0.3 is 0 Å². The first-order valence-electron chi connectivity index (χ1n) is 6.96. The highest BCUT2D eigenvalue weighted by Gasteiger charge is 2.33. The summed E-state index contributed by atoms with van der Waals surface area (Å²) in [6.45, 7) is 5.83. The largest absolute Gasteiger partial charge is 0.396 e. The summed E-state index contributed by atoms with van der Waals surface area (Å²) < 4.78 is 0. The molecule has 1 aromatic rings. The lowest BCUT2D eigenvalue weighted by atomic mass is 9.96. The van der Waals surface area contributed by atoms with E-state index in [4.69, 9.17) is 5.73 Å². The van der Waals surface area contributed by atoms with Crippen LogP contribution in [0.25, 0.3) is 0 Å². The van der Waals surface area contributed by atoms with Crippen molar-refractivity contribution in [2.24, 2.45) is 0 Å². The molecule has 2 aliphatic rings. The average Bonchev–Trinajstić information content (AvgIpc) is 2.39. The van der Waals surface area contributed by atoms with Gasteiger partial charge in [-0.3, -0.25) is 9.88 Å². The molecule has 2 N–H and O–H groups in total. The predicted molar refractivity (Wildman–Crippen MR) is 74.7 cm³/mol. The van der Waals surface area contributed by atoms with Crippen molar-refractivity contribution in [2.45, 2.75) is 38.3 Å². The molecule has 0 spiro atoms. The van der Waals surface area contributed by atoms with Gasteiger partial charge in [0, 0.05) is 31.4 Å². The number of nitrogen functional groups attached to an aromatic ring is 1. The number of anilines is 2. The maximum atomic E-state index is 6.06. The second-order valence-corrected chi connectivity index (χ2v) is 5.58. The van der Waals surface area contributed by atoms with Crippen LogP contribution in [0.2, 0.25) is 0 Å². The van der Waals surface area contributed by atoms with Crippen molar-refractivity contribution in [1.82, 2.24) is 9.88 Å². The molecule has 2 saturated heterocycles. The van der Waals surface area contributed by atoms with E-state index in [1.807, 2.05) is 12.3 Å². The van der Waals surface area contributed by atoms with Crippen LogP contribution >= 0.6 is 0 Å². The normalized spacial score (nSPS) is 29.1. The zero-order chi connectivity index (χ0) is 12.5. The van der Waals surface area contributed by atoms with E-state index in [-0.39, 0.29) is 0 Å². The highest BCUT2D eigenvalue weighted by molar-refractivity contribution is 5.66. The number of pyridine rings is 1. The smallest absolute Gasteiger partial charge is 0.0738 e. The van der Waals surface area contributed by atoms with E-state index >= 15 is 0 Å². The SMILES string of the molecule is CC1CN2CCCCC2CN1c1ccncc1N. The van der Waals surface area contributed by atoms with E-state index in [2.05, 4.69) is 21.7 Å². The fourth-order valence-corrected chi connectivity index (χ4v) is 3.35. The van der Waals surface area contributed by atoms with Gasteiger partial charge in [0.1, 0.15) is 0 Å². The molecule has 3 rings (SSSR count). The Hall–Kier alpha value is -1.29. The van der Waals surface area contributed by atoms with Gasteiger partial charge in [0.2, 0.25) is 0 Å². The Morgan fingerprint density at radius 3 is 3.06 bits per heavy atom. The molecule has 98 valence electrons. The van der Waals surface area contributed by atoms with E-state index in [1.54, 1.807) is 6.20 Å². The molecular formula is C14H22N4. The maximum Gasteiger partial charge on any atom is 0.0738 e. The molecule has 4 heteroatoms. The Kier molecular flexibility index (Phi) is 3.12. The number of hydrogen-bond donors (Lipinski definition) is 1. The third-order valence-electron chi connectivity index (χ3n) is 4.32. The average molecular weight is 246 g/mol. The molecule has 4 nitrogen and oxygen atoms in total. The molecule has 1 aromatic heterocycles.